The number of halogens is 3. The first kappa shape index (κ1) is 14.3. The SMILES string of the molecule is Clc1ccc(/C=N\N=C/c2ccccc2Br)c(Cl)c1. The molecule has 0 heterocycles. The zero-order chi connectivity index (χ0) is 13.7. The lowest BCUT2D eigenvalue weighted by atomic mass is 10.2. The van der Waals surface area contributed by atoms with Crippen molar-refractivity contribution in [1.29, 1.82) is 0 Å². The fraction of sp³-hybridized carbons (Fsp3) is 0. The van der Waals surface area contributed by atoms with Crippen molar-refractivity contribution in [1.82, 2.24) is 0 Å². The molecule has 0 spiro atoms. The predicted octanol–water partition coefficient (Wildman–Crippen LogP) is 5.21. The zero-order valence-corrected chi connectivity index (χ0v) is 12.8. The van der Waals surface area contributed by atoms with Crippen LogP contribution in [0.4, 0.5) is 0 Å². The van der Waals surface area contributed by atoms with Gasteiger partial charge in [0.25, 0.3) is 0 Å². The summed E-state index contributed by atoms with van der Waals surface area (Å²) in [6.45, 7) is 0. The molecule has 0 saturated heterocycles. The van der Waals surface area contributed by atoms with Crippen LogP contribution in [0.1, 0.15) is 11.1 Å². The number of rotatable bonds is 3. The van der Waals surface area contributed by atoms with Crippen LogP contribution in [0.5, 0.6) is 0 Å². The standard InChI is InChI=1S/C14H9BrCl2N2/c15-13-4-2-1-3-10(13)8-18-19-9-11-5-6-12(16)7-14(11)17/h1-9H/b18-8-,19-9-. The van der Waals surface area contributed by atoms with Gasteiger partial charge < -0.3 is 0 Å². The van der Waals surface area contributed by atoms with E-state index in [9.17, 15) is 0 Å². The normalized spacial score (nSPS) is 11.5. The molecule has 0 bridgehead atoms. The Balaban J connectivity index is 2.10. The van der Waals surface area contributed by atoms with Crippen LogP contribution in [0.2, 0.25) is 10.0 Å². The molecule has 0 aliphatic rings. The van der Waals surface area contributed by atoms with Crippen LogP contribution >= 0.6 is 39.1 Å². The largest absolute Gasteiger partial charge is 0.158 e. The summed E-state index contributed by atoms with van der Waals surface area (Å²) in [6.07, 6.45) is 3.26. The summed E-state index contributed by atoms with van der Waals surface area (Å²) in [4.78, 5) is 0. The van der Waals surface area contributed by atoms with Gasteiger partial charge in [0.15, 0.2) is 0 Å². The summed E-state index contributed by atoms with van der Waals surface area (Å²) < 4.78 is 0.971. The fourth-order valence-electron chi connectivity index (χ4n) is 1.38. The molecule has 0 aliphatic carbocycles. The van der Waals surface area contributed by atoms with Crippen molar-refractivity contribution in [3.8, 4) is 0 Å². The molecule has 2 aromatic rings. The average molecular weight is 356 g/mol. The molecule has 0 saturated carbocycles. The average Bonchev–Trinajstić information content (AvgIpc) is 2.38. The molecule has 2 rings (SSSR count). The summed E-state index contributed by atoms with van der Waals surface area (Å²) in [5.74, 6) is 0. The van der Waals surface area contributed by atoms with Crippen LogP contribution in [-0.2, 0) is 0 Å². The Bertz CT molecular complexity index is 639. The van der Waals surface area contributed by atoms with E-state index in [0.717, 1.165) is 15.6 Å². The van der Waals surface area contributed by atoms with Gasteiger partial charge in [0.1, 0.15) is 0 Å². The third kappa shape index (κ3) is 4.16. The minimum atomic E-state index is 0.548. The van der Waals surface area contributed by atoms with Crippen LogP contribution in [0.25, 0.3) is 0 Å². The molecule has 19 heavy (non-hydrogen) atoms. The Labute approximate surface area is 129 Å². The summed E-state index contributed by atoms with van der Waals surface area (Å²) in [5.41, 5.74) is 1.73. The molecule has 0 fully saturated rings. The quantitative estimate of drug-likeness (QED) is 0.533. The first-order chi connectivity index (χ1) is 9.16. The second-order valence-corrected chi connectivity index (χ2v) is 5.37. The maximum Gasteiger partial charge on any atom is 0.0583 e. The Hall–Kier alpha value is -1.16. The third-order valence-corrected chi connectivity index (χ3v) is 3.61. The van der Waals surface area contributed by atoms with E-state index in [4.69, 9.17) is 23.2 Å². The third-order valence-electron chi connectivity index (χ3n) is 2.33. The highest BCUT2D eigenvalue weighted by atomic mass is 79.9. The summed E-state index contributed by atoms with van der Waals surface area (Å²) >= 11 is 15.3. The highest BCUT2D eigenvalue weighted by Gasteiger charge is 1.97. The molecule has 0 aromatic heterocycles. The van der Waals surface area contributed by atoms with Crippen LogP contribution < -0.4 is 0 Å². The van der Waals surface area contributed by atoms with E-state index in [1.807, 2.05) is 24.3 Å². The lowest BCUT2D eigenvalue weighted by Gasteiger charge is -1.97. The molecule has 0 radical (unpaired) electrons. The van der Waals surface area contributed by atoms with Gasteiger partial charge in [0.05, 0.1) is 17.5 Å². The molecule has 0 atom stereocenters. The molecule has 0 unspecified atom stereocenters. The molecule has 0 N–H and O–H groups in total. The highest BCUT2D eigenvalue weighted by Crippen LogP contribution is 2.19. The minimum absolute atomic E-state index is 0.548. The fourth-order valence-corrected chi connectivity index (χ4v) is 2.22. The van der Waals surface area contributed by atoms with Gasteiger partial charge in [-0.05, 0) is 18.2 Å². The summed E-state index contributed by atoms with van der Waals surface area (Å²) in [6, 6.07) is 13.0. The van der Waals surface area contributed by atoms with Crippen molar-refractivity contribution in [3.63, 3.8) is 0 Å². The zero-order valence-electron chi connectivity index (χ0n) is 9.72. The van der Waals surface area contributed by atoms with Crippen LogP contribution in [-0.4, -0.2) is 12.4 Å². The van der Waals surface area contributed by atoms with Crippen molar-refractivity contribution < 1.29 is 0 Å². The molecule has 96 valence electrons. The molecular weight excluding hydrogens is 347 g/mol. The van der Waals surface area contributed by atoms with Crippen molar-refractivity contribution in [2.75, 3.05) is 0 Å². The van der Waals surface area contributed by atoms with Crippen molar-refractivity contribution in [2.45, 2.75) is 0 Å². The van der Waals surface area contributed by atoms with Crippen molar-refractivity contribution in [2.24, 2.45) is 10.2 Å². The van der Waals surface area contributed by atoms with Gasteiger partial charge in [-0.2, -0.15) is 10.2 Å². The number of hydrogen-bond acceptors (Lipinski definition) is 2. The Morgan fingerprint density at radius 3 is 2.26 bits per heavy atom. The first-order valence-electron chi connectivity index (χ1n) is 5.43. The molecule has 2 aromatic carbocycles. The number of benzene rings is 2. The van der Waals surface area contributed by atoms with Gasteiger partial charge in [-0.15, -0.1) is 0 Å². The van der Waals surface area contributed by atoms with E-state index < -0.39 is 0 Å². The second kappa shape index (κ2) is 6.85. The van der Waals surface area contributed by atoms with Crippen molar-refractivity contribution in [3.05, 3.63) is 68.1 Å². The van der Waals surface area contributed by atoms with Gasteiger partial charge in [-0.3, -0.25) is 0 Å². The highest BCUT2D eigenvalue weighted by molar-refractivity contribution is 9.10. The van der Waals surface area contributed by atoms with Gasteiger partial charge >= 0.3 is 0 Å². The Kier molecular flexibility index (Phi) is 5.14. The maximum absolute atomic E-state index is 6.02. The van der Waals surface area contributed by atoms with E-state index in [-0.39, 0.29) is 0 Å². The monoisotopic (exact) mass is 354 g/mol. The van der Waals surface area contributed by atoms with Crippen LogP contribution in [0.15, 0.2) is 57.1 Å². The molecule has 0 amide bonds. The van der Waals surface area contributed by atoms with Gasteiger partial charge in [0.2, 0.25) is 0 Å². The van der Waals surface area contributed by atoms with Gasteiger partial charge in [-0.25, -0.2) is 0 Å². The molecule has 0 aliphatic heterocycles. The summed E-state index contributed by atoms with van der Waals surface area (Å²) in [7, 11) is 0. The second-order valence-electron chi connectivity index (χ2n) is 3.68. The van der Waals surface area contributed by atoms with E-state index in [1.165, 1.54) is 0 Å². The van der Waals surface area contributed by atoms with E-state index in [2.05, 4.69) is 26.1 Å². The Morgan fingerprint density at radius 1 is 0.895 bits per heavy atom. The molecule has 5 heteroatoms. The lowest BCUT2D eigenvalue weighted by Crippen LogP contribution is -1.84. The van der Waals surface area contributed by atoms with Gasteiger partial charge in [0, 0.05) is 20.6 Å². The van der Waals surface area contributed by atoms with Gasteiger partial charge in [-0.1, -0.05) is 63.4 Å². The topological polar surface area (TPSA) is 24.7 Å². The maximum atomic E-state index is 6.02. The van der Waals surface area contributed by atoms with E-state index >= 15 is 0 Å². The van der Waals surface area contributed by atoms with E-state index in [1.54, 1.807) is 30.6 Å². The molecular formula is C14H9BrCl2N2. The summed E-state index contributed by atoms with van der Waals surface area (Å²) in [5, 5.41) is 9.09. The predicted molar refractivity (Wildman–Crippen MR) is 85.8 cm³/mol. The number of hydrogen-bond donors (Lipinski definition) is 0. The smallest absolute Gasteiger partial charge is 0.0583 e. The lowest BCUT2D eigenvalue weighted by molar-refractivity contribution is 1.26. The van der Waals surface area contributed by atoms with Crippen LogP contribution in [0.3, 0.4) is 0 Å². The number of nitrogens with zero attached hydrogens (tertiary/aromatic N) is 2. The first-order valence-corrected chi connectivity index (χ1v) is 6.98. The van der Waals surface area contributed by atoms with Crippen LogP contribution in [0, 0.1) is 0 Å². The Morgan fingerprint density at radius 2 is 1.58 bits per heavy atom. The van der Waals surface area contributed by atoms with E-state index in [0.29, 0.717) is 10.0 Å². The minimum Gasteiger partial charge on any atom is -0.158 e. The molecule has 2 nitrogen and oxygen atoms in total. The van der Waals surface area contributed by atoms with Crippen molar-refractivity contribution >= 4 is 51.6 Å².